The van der Waals surface area contributed by atoms with Crippen LogP contribution in [0.2, 0.25) is 0 Å². The lowest BCUT2D eigenvalue weighted by Crippen LogP contribution is -2.33. The molecule has 1 amide bonds. The summed E-state index contributed by atoms with van der Waals surface area (Å²) in [7, 11) is 1.55. The highest BCUT2D eigenvalue weighted by atomic mass is 16.5. The van der Waals surface area contributed by atoms with E-state index in [0.29, 0.717) is 0 Å². The van der Waals surface area contributed by atoms with Crippen molar-refractivity contribution < 1.29 is 14.6 Å². The zero-order chi connectivity index (χ0) is 13.5. The number of rotatable bonds is 6. The van der Waals surface area contributed by atoms with E-state index in [1.165, 1.54) is 0 Å². The molecule has 4 nitrogen and oxygen atoms in total. The molecule has 0 spiro atoms. The Morgan fingerprint density at radius 3 is 2.28 bits per heavy atom. The van der Waals surface area contributed by atoms with Gasteiger partial charge in [-0.25, -0.2) is 0 Å². The molecule has 18 heavy (non-hydrogen) atoms. The van der Waals surface area contributed by atoms with Crippen molar-refractivity contribution in [3.05, 3.63) is 34.9 Å². The van der Waals surface area contributed by atoms with E-state index in [9.17, 15) is 4.79 Å². The van der Waals surface area contributed by atoms with Crippen LogP contribution in [0, 0.1) is 0 Å². The lowest BCUT2D eigenvalue weighted by atomic mass is 9.96. The second-order valence-electron chi connectivity index (χ2n) is 4.04. The maximum atomic E-state index is 11.3. The molecule has 1 aromatic carbocycles. The second kappa shape index (κ2) is 7.13. The molecule has 1 rings (SSSR count). The van der Waals surface area contributed by atoms with Crippen LogP contribution in [0.1, 0.15) is 36.8 Å². The predicted octanol–water partition coefficient (Wildman–Crippen LogP) is 1.56. The van der Waals surface area contributed by atoms with Gasteiger partial charge in [-0.2, -0.15) is 0 Å². The minimum atomic E-state index is -0.532. The Kier molecular flexibility index (Phi) is 5.82. The smallest absolute Gasteiger partial charge is 0.247 e. The number of nitrogens with one attached hydrogen (secondary N) is 1. The number of carbonyl (C=O) groups is 1. The van der Waals surface area contributed by atoms with E-state index in [1.807, 2.05) is 18.2 Å². The van der Waals surface area contributed by atoms with Gasteiger partial charge in [0.05, 0.1) is 0 Å². The van der Waals surface area contributed by atoms with E-state index < -0.39 is 18.7 Å². The molecule has 1 aromatic rings. The summed E-state index contributed by atoms with van der Waals surface area (Å²) in [4.78, 5) is 11.3. The normalized spacial score (nSPS) is 12.2. The Morgan fingerprint density at radius 1 is 1.33 bits per heavy atom. The third kappa shape index (κ3) is 3.31. The molecule has 0 saturated carbocycles. The number of methoxy groups -OCH3 is 1. The Labute approximate surface area is 108 Å². The number of aryl methyl sites for hydroxylation is 2. The average molecular weight is 251 g/mol. The number of carbonyl (C=O) groups excluding carboxylic acids is 1. The van der Waals surface area contributed by atoms with Gasteiger partial charge >= 0.3 is 0 Å². The highest BCUT2D eigenvalue weighted by Gasteiger charge is 2.19. The van der Waals surface area contributed by atoms with Gasteiger partial charge in [-0.3, -0.25) is 4.79 Å². The molecule has 0 heterocycles. The minimum absolute atomic E-state index is 0.435. The lowest BCUT2D eigenvalue weighted by molar-refractivity contribution is -0.127. The predicted molar refractivity (Wildman–Crippen MR) is 70.2 cm³/mol. The van der Waals surface area contributed by atoms with E-state index in [0.717, 1.165) is 29.5 Å². The topological polar surface area (TPSA) is 58.6 Å². The molecular formula is C14H21NO3. The molecule has 0 saturated heterocycles. The monoisotopic (exact) mass is 251 g/mol. The summed E-state index contributed by atoms with van der Waals surface area (Å²) in [6, 6.07) is 6.08. The lowest BCUT2D eigenvalue weighted by Gasteiger charge is -2.22. The summed E-state index contributed by atoms with van der Waals surface area (Å²) in [5, 5.41) is 11.5. The fourth-order valence-electron chi connectivity index (χ4n) is 2.06. The fraction of sp³-hybridized carbons (Fsp3) is 0.500. The molecule has 0 aliphatic carbocycles. The Bertz CT molecular complexity index is 382. The van der Waals surface area contributed by atoms with Crippen LogP contribution in [0.5, 0.6) is 0 Å². The Balaban J connectivity index is 3.13. The van der Waals surface area contributed by atoms with Crippen LogP contribution in [0.4, 0.5) is 0 Å². The molecule has 2 N–H and O–H groups in total. The van der Waals surface area contributed by atoms with Crippen molar-refractivity contribution in [3.63, 3.8) is 0 Å². The maximum absolute atomic E-state index is 11.3. The third-order valence-electron chi connectivity index (χ3n) is 2.98. The van der Waals surface area contributed by atoms with Gasteiger partial charge in [0, 0.05) is 12.7 Å². The highest BCUT2D eigenvalue weighted by molar-refractivity contribution is 5.77. The van der Waals surface area contributed by atoms with E-state index >= 15 is 0 Å². The van der Waals surface area contributed by atoms with Crippen LogP contribution >= 0.6 is 0 Å². The van der Waals surface area contributed by atoms with Gasteiger partial charge in [-0.1, -0.05) is 32.0 Å². The van der Waals surface area contributed by atoms with Crippen molar-refractivity contribution in [2.24, 2.45) is 0 Å². The van der Waals surface area contributed by atoms with E-state index in [2.05, 4.69) is 19.2 Å². The highest BCUT2D eigenvalue weighted by Crippen LogP contribution is 2.24. The van der Waals surface area contributed by atoms with Gasteiger partial charge in [-0.05, 0) is 24.0 Å². The van der Waals surface area contributed by atoms with Crippen LogP contribution in [0.15, 0.2) is 18.2 Å². The number of ether oxygens (including phenoxy) is 1. The molecule has 4 heteroatoms. The van der Waals surface area contributed by atoms with E-state index in [1.54, 1.807) is 7.11 Å². The van der Waals surface area contributed by atoms with Crippen LogP contribution in [-0.2, 0) is 22.4 Å². The zero-order valence-corrected chi connectivity index (χ0v) is 11.2. The molecule has 0 aliphatic rings. The number of benzene rings is 1. The van der Waals surface area contributed by atoms with Gasteiger partial charge in [0.15, 0.2) is 6.23 Å². The summed E-state index contributed by atoms with van der Waals surface area (Å²) in [6.07, 6.45) is 1.24. The van der Waals surface area contributed by atoms with Gasteiger partial charge in [-0.15, -0.1) is 0 Å². The second-order valence-corrected chi connectivity index (χ2v) is 4.04. The number of hydrogen-bond acceptors (Lipinski definition) is 3. The van der Waals surface area contributed by atoms with Gasteiger partial charge in [0.1, 0.15) is 6.61 Å². The van der Waals surface area contributed by atoms with Crippen molar-refractivity contribution in [1.29, 1.82) is 0 Å². The molecule has 1 unspecified atom stereocenters. The number of amides is 1. The number of aliphatic hydroxyl groups excluding tert-OH is 1. The molecule has 1 atom stereocenters. The molecule has 100 valence electrons. The van der Waals surface area contributed by atoms with Crippen molar-refractivity contribution in [2.45, 2.75) is 32.9 Å². The first kappa shape index (κ1) is 14.7. The van der Waals surface area contributed by atoms with E-state index in [-0.39, 0.29) is 0 Å². The van der Waals surface area contributed by atoms with Gasteiger partial charge < -0.3 is 15.2 Å². The first-order chi connectivity index (χ1) is 8.67. The van der Waals surface area contributed by atoms with E-state index in [4.69, 9.17) is 9.84 Å². The van der Waals surface area contributed by atoms with Gasteiger partial charge in [0.2, 0.25) is 5.91 Å². The Morgan fingerprint density at radius 2 is 1.89 bits per heavy atom. The molecular weight excluding hydrogens is 230 g/mol. The van der Waals surface area contributed by atoms with Gasteiger partial charge in [0.25, 0.3) is 0 Å². The molecule has 0 bridgehead atoms. The Hall–Kier alpha value is -1.39. The molecule has 0 radical (unpaired) electrons. The van der Waals surface area contributed by atoms with Crippen LogP contribution in [0.3, 0.4) is 0 Å². The summed E-state index contributed by atoms with van der Waals surface area (Å²) in [5.74, 6) is -0.435. The van der Waals surface area contributed by atoms with Crippen LogP contribution in [0.25, 0.3) is 0 Å². The summed E-state index contributed by atoms with van der Waals surface area (Å²) >= 11 is 0. The van der Waals surface area contributed by atoms with Crippen molar-refractivity contribution >= 4 is 5.91 Å². The summed E-state index contributed by atoms with van der Waals surface area (Å²) < 4.78 is 5.35. The molecule has 0 fully saturated rings. The van der Waals surface area contributed by atoms with Crippen molar-refractivity contribution in [2.75, 3.05) is 13.7 Å². The summed E-state index contributed by atoms with van der Waals surface area (Å²) in [6.45, 7) is 3.60. The number of aliphatic hydroxyl groups is 1. The zero-order valence-electron chi connectivity index (χ0n) is 11.2. The third-order valence-corrected chi connectivity index (χ3v) is 2.98. The minimum Gasteiger partial charge on any atom is -0.387 e. The molecule has 0 aromatic heterocycles. The average Bonchev–Trinajstić information content (AvgIpc) is 2.43. The van der Waals surface area contributed by atoms with Crippen LogP contribution in [-0.4, -0.2) is 24.7 Å². The molecule has 0 aliphatic heterocycles. The largest absolute Gasteiger partial charge is 0.387 e. The first-order valence-electron chi connectivity index (χ1n) is 6.21. The summed E-state index contributed by atoms with van der Waals surface area (Å²) in [5.41, 5.74) is 3.31. The number of hydrogen-bond donors (Lipinski definition) is 2. The van der Waals surface area contributed by atoms with Crippen LogP contribution < -0.4 is 5.32 Å². The fourth-order valence-corrected chi connectivity index (χ4v) is 2.06. The SMILES string of the molecule is CCc1cccc(CC)c1C(NC(=O)CO)OC. The first-order valence-corrected chi connectivity index (χ1v) is 6.21. The standard InChI is InChI=1S/C14H21NO3/c1-4-10-7-6-8-11(5-2)13(10)14(18-3)15-12(17)9-16/h6-8,14,16H,4-5,9H2,1-3H3,(H,15,17). The quantitative estimate of drug-likeness (QED) is 0.754. The maximum Gasteiger partial charge on any atom is 0.247 e. The van der Waals surface area contributed by atoms with Crippen molar-refractivity contribution in [3.8, 4) is 0 Å². The van der Waals surface area contributed by atoms with Crippen molar-refractivity contribution in [1.82, 2.24) is 5.32 Å².